The largest absolute Gasteiger partial charge is 0.388 e. The normalized spacial score (nSPS) is 25.0. The Bertz CT molecular complexity index is 5900. The summed E-state index contributed by atoms with van der Waals surface area (Å²) in [6, 6.07) is 0. The number of anilines is 5. The van der Waals surface area contributed by atoms with Crippen molar-refractivity contribution < 1.29 is 98.4 Å². The SMILES string of the molecule is C=P(C)(C)CC[C@H]1O[C@@H](n2cnc3c(NC)ncnc32)[C@H](O)[C@@H]1O.C=P(C)(C)CC[C@H]1O[C@@H](n2cnc3c(NCC)ncnc32)[C@H](O)[C@@H]1O.C=P(C)(C)CC[C@H]1O[C@@H](n2cnc3c(NCCC)ncnc32)[C@H](O)[C@@H]1O.C=P(C)(C)CC[C@H]1O[C@@H](n2cnc3c(NCCCC)ncnc32)[C@H](O)[C@@H]1O.C=P(C)(C)CC[C@H]1O[C@@H](n2cnc3c(NCCCOCCOCCOCCOCCOCCCN)ncnc32)[C@H](O)[C@@H]1O. The minimum Gasteiger partial charge on any atom is -0.388 e. The van der Waals surface area contributed by atoms with Gasteiger partial charge >= 0.3 is 0 Å². The van der Waals surface area contributed by atoms with Gasteiger partial charge in [-0.1, -0.05) is 20.3 Å². The Balaban J connectivity index is 0.000000176. The van der Waals surface area contributed by atoms with E-state index in [2.05, 4.69) is 213 Å². The van der Waals surface area contributed by atoms with Crippen LogP contribution in [0.25, 0.3) is 55.8 Å². The molecule has 15 heterocycles. The Kier molecular flexibility index (Phi) is 45.0. The highest BCUT2D eigenvalue weighted by Crippen LogP contribution is 2.47. The molecule has 0 radical (unpaired) electrons. The van der Waals surface area contributed by atoms with E-state index >= 15 is 0 Å². The van der Waals surface area contributed by atoms with Crippen molar-refractivity contribution in [3.8, 4) is 0 Å². The van der Waals surface area contributed by atoms with Gasteiger partial charge in [0.15, 0.2) is 111 Å². The van der Waals surface area contributed by atoms with Gasteiger partial charge < -0.3 is 131 Å². The van der Waals surface area contributed by atoms with Crippen molar-refractivity contribution in [2.24, 2.45) is 5.73 Å². The van der Waals surface area contributed by atoms with Gasteiger partial charge in [-0.3, -0.25) is 22.8 Å². The molecule has 10 aromatic rings. The molecule has 5 saturated heterocycles. The maximum absolute atomic E-state index is 10.7. The zero-order valence-corrected chi connectivity index (χ0v) is 90.9. The van der Waals surface area contributed by atoms with Crippen LogP contribution in [0.15, 0.2) is 63.3 Å². The Morgan fingerprint density at radius 2 is 0.524 bits per heavy atom. The summed E-state index contributed by atoms with van der Waals surface area (Å²) in [7, 11) is 1.76. The lowest BCUT2D eigenvalue weighted by Gasteiger charge is -2.18. The van der Waals surface area contributed by atoms with Gasteiger partial charge in [-0.05, 0) is 169 Å². The lowest BCUT2D eigenvalue weighted by Crippen LogP contribution is -2.31. The monoisotopic (exact) mass is 2130 g/mol. The molecular weight excluding hydrogens is 1970 g/mol. The number of nitrogens with two attached hydrogens (primary N) is 1. The topological polar surface area (TPSA) is 599 Å². The summed E-state index contributed by atoms with van der Waals surface area (Å²) in [5, 5.41) is 121. The number of rotatable bonds is 50. The minimum atomic E-state index is -1.27. The maximum Gasteiger partial charge on any atom is 0.167 e. The fraction of sp³-hybridized carbons (Fsp3) is 0.681. The van der Waals surface area contributed by atoms with E-state index in [1.807, 2.05) is 6.92 Å². The summed E-state index contributed by atoms with van der Waals surface area (Å²) in [5.41, 5.74) is 11.2. The highest BCUT2D eigenvalue weighted by atomic mass is 31.2. The predicted octanol–water partition coefficient (Wildman–Crippen LogP) is 5.47. The van der Waals surface area contributed by atoms with Crippen LogP contribution in [0.4, 0.5) is 29.1 Å². The van der Waals surface area contributed by atoms with Crippen LogP contribution in [-0.4, -0.2) is 475 Å². The molecule has 46 nitrogen and oxygen atoms in total. The highest BCUT2D eigenvalue weighted by molar-refractivity contribution is 7.73. The van der Waals surface area contributed by atoms with Gasteiger partial charge in [0.2, 0.25) is 0 Å². The Hall–Kier alpha value is -7.59. The molecule has 15 rings (SSSR count). The number of hydrogen-bond donors (Lipinski definition) is 16. The van der Waals surface area contributed by atoms with E-state index in [0.29, 0.717) is 203 Å². The number of aliphatic hydroxyl groups excluding tert-OH is 10. The van der Waals surface area contributed by atoms with Crippen LogP contribution < -0.4 is 32.3 Å². The maximum atomic E-state index is 10.7. The van der Waals surface area contributed by atoms with Crippen molar-refractivity contribution in [2.45, 2.75) is 208 Å². The van der Waals surface area contributed by atoms with Crippen LogP contribution in [0, 0.1) is 0 Å². The van der Waals surface area contributed by atoms with E-state index in [4.69, 9.17) is 53.1 Å². The molecule has 0 spiro atoms. The van der Waals surface area contributed by atoms with Crippen molar-refractivity contribution in [3.63, 3.8) is 0 Å². The number of hydrogen-bond acceptors (Lipinski definition) is 41. The van der Waals surface area contributed by atoms with Crippen molar-refractivity contribution in [1.82, 2.24) is 97.6 Å². The summed E-state index contributed by atoms with van der Waals surface area (Å²) in [5.74, 6) is 3.15. The second-order valence-electron chi connectivity index (χ2n) is 40.2. The van der Waals surface area contributed by atoms with Gasteiger partial charge in [0.05, 0.1) is 115 Å². The van der Waals surface area contributed by atoms with Crippen molar-refractivity contribution >= 4 is 151 Å². The highest BCUT2D eigenvalue weighted by Gasteiger charge is 2.50. The summed E-state index contributed by atoms with van der Waals surface area (Å²) in [6.45, 7) is 30.4. The first-order valence-electron chi connectivity index (χ1n) is 49.6. The number of imidazole rings is 5. The number of fused-ring (bicyclic) bond motifs is 5. The van der Waals surface area contributed by atoms with E-state index in [1.54, 1.807) is 61.5 Å². The number of aromatic nitrogens is 20. The van der Waals surface area contributed by atoms with Crippen molar-refractivity contribution in [1.29, 1.82) is 0 Å². The standard InChI is InChI=1S/C28H51N6O8P.C18H30N5O3P.C17H28N5O3P.C16H26N5O3P.C15H24N5O3P/c1-43(2,3)19-6-22-24(35)25(36)28(42-22)34-21-33-23-26(31-20-32-27(23)34)30-8-5-10-38-12-14-40-16-18-41-17-15-39-13-11-37-9-4-7-29;1-5-6-8-19-16-13-17(21-10-20-16)23(11-22-13)18-15(25)14(24)12(26-18)7-9-27(2,3)4;1-5-7-18-15-12-16(20-9-19-15)22(10-21-12)17-14(24)13(23)11(25-17)6-8-26(2,3)4;1-5-17-14-11-15(19-8-18-14)21(9-20-11)16-13(23)12(22)10(24-16)6-7-25(2,3)4;1-16-13-10-14(18-7-17-13)20(8-19-10)15-12(22)11(21)9(23-15)5-6-24(2,3)4/h20-22,24-25,28,35-36H,1,4-19,29H2,2-3H3,(H,30,31,32);10-12,14-15,18,24-25H,2,5-9H2,1,3-4H3,(H,19,20,21);9-11,13-14,17,23-24H,2,5-8H2,1,3-4H3,(H,18,19,20);8-10,12-13,16,22-23H,2,5-7H2,1,3-4H3,(H,17,18,19);7-9,11-12,15,21-22H,2,5-6H2,1,3-4H3,(H,16,17,18)/t22-,24-,25-,28-;12-,14-,15-,18-;11-,13-,14-,17-;10-,12-,13-,16-;9-,11-,12-,15-/m11111/s1. The quantitative estimate of drug-likeness (QED) is 0.0166. The van der Waals surface area contributed by atoms with Gasteiger partial charge in [0, 0.05) is 46.4 Å². The predicted molar refractivity (Wildman–Crippen MR) is 580 cm³/mol. The molecule has 0 amide bonds. The van der Waals surface area contributed by atoms with E-state index in [9.17, 15) is 51.1 Å². The van der Waals surface area contributed by atoms with E-state index < -0.39 is 157 Å². The minimum absolute atomic E-state index is 0.422. The molecule has 810 valence electrons. The Labute approximate surface area is 849 Å². The molecule has 0 unspecified atom stereocenters. The average molecular weight is 2130 g/mol. The number of unbranched alkanes of at least 4 members (excludes halogenated alkanes) is 1. The van der Waals surface area contributed by atoms with Crippen molar-refractivity contribution in [3.05, 3.63) is 63.3 Å². The third-order valence-electron chi connectivity index (χ3n) is 24.6. The molecule has 0 aliphatic carbocycles. The molecule has 0 bridgehead atoms. The molecule has 5 fully saturated rings. The number of nitrogens with one attached hydrogen (secondary N) is 5. The number of nitrogens with zero attached hydrogens (tertiary/aromatic N) is 20. The van der Waals surface area contributed by atoms with E-state index in [0.717, 1.165) is 76.0 Å². The third-order valence-corrected chi connectivity index (χ3v) is 32.0. The van der Waals surface area contributed by atoms with Gasteiger partial charge in [0.1, 0.15) is 98.2 Å². The zero-order chi connectivity index (χ0) is 105. The zero-order valence-electron chi connectivity index (χ0n) is 86.4. The van der Waals surface area contributed by atoms with Crippen LogP contribution in [-0.2, 0) is 47.4 Å². The van der Waals surface area contributed by atoms with Crippen LogP contribution in [0.1, 0.15) is 116 Å². The molecular formula is C94H159N26O20P5. The number of ether oxygens (including phenoxy) is 10. The third kappa shape index (κ3) is 33.2. The van der Waals surface area contributed by atoms with E-state index in [-0.39, 0.29) is 0 Å². The first-order valence-corrected chi connectivity index (χ1v) is 64.9. The molecule has 20 atom stereocenters. The molecule has 51 heteroatoms. The average Bonchev–Trinajstić information content (AvgIpc) is 1.64. The Morgan fingerprint density at radius 1 is 0.297 bits per heavy atom. The lowest BCUT2D eigenvalue weighted by atomic mass is 10.1. The van der Waals surface area contributed by atoms with E-state index in [1.165, 1.54) is 31.6 Å². The van der Waals surface area contributed by atoms with Crippen LogP contribution in [0.5, 0.6) is 0 Å². The van der Waals surface area contributed by atoms with Crippen molar-refractivity contribution in [2.75, 3.05) is 230 Å². The van der Waals surface area contributed by atoms with Crippen LogP contribution >= 0.6 is 34.4 Å². The second-order valence-corrected chi connectivity index (χ2v) is 61.8. The molecule has 17 N–H and O–H groups in total. The summed E-state index contributed by atoms with van der Waals surface area (Å²) in [4.78, 5) is 64.5. The molecule has 10 aromatic heterocycles. The lowest BCUT2D eigenvalue weighted by molar-refractivity contribution is -0.0353. The first-order chi connectivity index (χ1) is 69.1. The van der Waals surface area contributed by atoms with Gasteiger partial charge in [-0.15, -0.1) is 65.9 Å². The van der Waals surface area contributed by atoms with Gasteiger partial charge in [0.25, 0.3) is 0 Å². The summed E-state index contributed by atoms with van der Waals surface area (Å²) < 4.78 is 65.7. The van der Waals surface area contributed by atoms with Crippen LogP contribution in [0.2, 0.25) is 0 Å². The van der Waals surface area contributed by atoms with Gasteiger partial charge in [-0.25, -0.2) is 74.8 Å². The molecule has 0 saturated carbocycles. The molecule has 5 aliphatic heterocycles. The van der Waals surface area contributed by atoms with Gasteiger partial charge in [-0.2, -0.15) is 0 Å². The summed E-state index contributed by atoms with van der Waals surface area (Å²) >= 11 is 0. The number of aliphatic hydroxyl groups is 10. The summed E-state index contributed by atoms with van der Waals surface area (Å²) in [6.07, 6.45) is 32.8. The second kappa shape index (κ2) is 55.4. The fourth-order valence-electron chi connectivity index (χ4n) is 16.6. The fourth-order valence-corrected chi connectivity index (χ4v) is 21.4. The molecule has 5 aliphatic rings. The molecule has 145 heavy (non-hydrogen) atoms. The smallest absolute Gasteiger partial charge is 0.167 e. The molecule has 0 aromatic carbocycles. The first kappa shape index (κ1) is 118. The Morgan fingerprint density at radius 3 is 0.759 bits per heavy atom. The van der Waals surface area contributed by atoms with Crippen LogP contribution in [0.3, 0.4) is 0 Å².